The Bertz CT molecular complexity index is 602. The van der Waals surface area contributed by atoms with E-state index in [-0.39, 0.29) is 0 Å². The van der Waals surface area contributed by atoms with Gasteiger partial charge in [0, 0.05) is 48.2 Å². The van der Waals surface area contributed by atoms with Crippen molar-refractivity contribution in [3.63, 3.8) is 0 Å². The Morgan fingerprint density at radius 1 is 1.17 bits per heavy atom. The smallest absolute Gasteiger partial charge is 0.136 e. The molecule has 92 valence electrons. The number of pyridine rings is 1. The molecule has 1 aromatic carbocycles. The van der Waals surface area contributed by atoms with Crippen LogP contribution in [0.1, 0.15) is 12.8 Å². The van der Waals surface area contributed by atoms with Crippen molar-refractivity contribution < 1.29 is 4.79 Å². The molecule has 4 heteroatoms. The summed E-state index contributed by atoms with van der Waals surface area (Å²) in [5.41, 5.74) is 2.04. The molecular formula is C14H13ClN2O. The predicted molar refractivity (Wildman–Crippen MR) is 73.2 cm³/mol. The molecule has 2 aromatic rings. The number of Topliss-reactive ketones (excluding diaryl/α,β-unsaturated/α-hetero) is 1. The van der Waals surface area contributed by atoms with Crippen molar-refractivity contribution in [3.8, 4) is 0 Å². The summed E-state index contributed by atoms with van der Waals surface area (Å²) in [6.45, 7) is 1.58. The predicted octanol–water partition coefficient (Wildman–Crippen LogP) is 3.06. The van der Waals surface area contributed by atoms with E-state index in [4.69, 9.17) is 11.6 Å². The number of carbonyl (C=O) groups is 1. The summed E-state index contributed by atoms with van der Waals surface area (Å²) in [6.07, 6.45) is 3.07. The normalized spacial score (nSPS) is 16.3. The SMILES string of the molecule is O=C1CCN(c2ccnc3cc(Cl)ccc23)CC1. The van der Waals surface area contributed by atoms with E-state index in [1.807, 2.05) is 24.3 Å². The fourth-order valence-electron chi connectivity index (χ4n) is 2.38. The third-order valence-electron chi connectivity index (χ3n) is 3.34. The lowest BCUT2D eigenvalue weighted by Gasteiger charge is -2.29. The lowest BCUT2D eigenvalue weighted by molar-refractivity contribution is -0.119. The molecule has 2 heterocycles. The minimum Gasteiger partial charge on any atom is -0.370 e. The molecule has 18 heavy (non-hydrogen) atoms. The van der Waals surface area contributed by atoms with Crippen molar-refractivity contribution in [2.45, 2.75) is 12.8 Å². The van der Waals surface area contributed by atoms with Crippen LogP contribution in [0.15, 0.2) is 30.5 Å². The zero-order valence-electron chi connectivity index (χ0n) is 9.90. The second kappa shape index (κ2) is 4.58. The van der Waals surface area contributed by atoms with Gasteiger partial charge in [0.25, 0.3) is 0 Å². The average Bonchev–Trinajstić information content (AvgIpc) is 2.38. The first-order valence-electron chi connectivity index (χ1n) is 6.05. The fourth-order valence-corrected chi connectivity index (χ4v) is 2.55. The van der Waals surface area contributed by atoms with Gasteiger partial charge in [-0.3, -0.25) is 9.78 Å². The van der Waals surface area contributed by atoms with Crippen LogP contribution in [0.25, 0.3) is 10.9 Å². The summed E-state index contributed by atoms with van der Waals surface area (Å²) in [5, 5.41) is 1.79. The summed E-state index contributed by atoms with van der Waals surface area (Å²) >= 11 is 5.98. The quantitative estimate of drug-likeness (QED) is 0.790. The van der Waals surface area contributed by atoms with E-state index >= 15 is 0 Å². The molecule has 0 saturated carbocycles. The average molecular weight is 261 g/mol. The van der Waals surface area contributed by atoms with Gasteiger partial charge in [0.1, 0.15) is 5.78 Å². The molecule has 0 amide bonds. The number of aromatic nitrogens is 1. The number of benzene rings is 1. The topological polar surface area (TPSA) is 33.2 Å². The van der Waals surface area contributed by atoms with Crippen LogP contribution < -0.4 is 4.90 Å². The molecule has 1 fully saturated rings. The lowest BCUT2D eigenvalue weighted by Crippen LogP contribution is -2.33. The Kier molecular flexibility index (Phi) is 2.92. The number of carbonyl (C=O) groups excluding carboxylic acids is 1. The van der Waals surface area contributed by atoms with E-state index < -0.39 is 0 Å². The number of hydrogen-bond acceptors (Lipinski definition) is 3. The first-order chi connectivity index (χ1) is 8.74. The molecule has 3 rings (SSSR count). The Morgan fingerprint density at radius 2 is 1.94 bits per heavy atom. The van der Waals surface area contributed by atoms with E-state index in [1.165, 1.54) is 0 Å². The monoisotopic (exact) mass is 260 g/mol. The van der Waals surface area contributed by atoms with E-state index in [2.05, 4.69) is 9.88 Å². The van der Waals surface area contributed by atoms with E-state index in [0.29, 0.717) is 23.6 Å². The Hall–Kier alpha value is -1.61. The summed E-state index contributed by atoms with van der Waals surface area (Å²) in [6, 6.07) is 7.75. The van der Waals surface area contributed by atoms with Gasteiger partial charge in [0.15, 0.2) is 0 Å². The molecule has 1 aliphatic heterocycles. The number of nitrogens with zero attached hydrogens (tertiary/aromatic N) is 2. The number of halogens is 1. The second-order valence-corrected chi connectivity index (χ2v) is 4.95. The van der Waals surface area contributed by atoms with Crippen LogP contribution in [-0.4, -0.2) is 23.9 Å². The Labute approximate surface area is 110 Å². The third kappa shape index (κ3) is 2.06. The largest absolute Gasteiger partial charge is 0.370 e. The van der Waals surface area contributed by atoms with Crippen LogP contribution >= 0.6 is 11.6 Å². The molecule has 0 N–H and O–H groups in total. The molecule has 0 radical (unpaired) electrons. The maximum absolute atomic E-state index is 11.3. The fraction of sp³-hybridized carbons (Fsp3) is 0.286. The lowest BCUT2D eigenvalue weighted by atomic mass is 10.1. The van der Waals surface area contributed by atoms with Gasteiger partial charge in [0.05, 0.1) is 5.52 Å². The van der Waals surface area contributed by atoms with Gasteiger partial charge in [-0.1, -0.05) is 11.6 Å². The van der Waals surface area contributed by atoms with Crippen molar-refractivity contribution >= 4 is 34.0 Å². The first-order valence-corrected chi connectivity index (χ1v) is 6.43. The molecule has 1 saturated heterocycles. The molecule has 0 aliphatic carbocycles. The zero-order valence-corrected chi connectivity index (χ0v) is 10.7. The number of ketones is 1. The minimum absolute atomic E-state index is 0.354. The van der Waals surface area contributed by atoms with Gasteiger partial charge in [0.2, 0.25) is 0 Å². The van der Waals surface area contributed by atoms with Crippen LogP contribution in [0.4, 0.5) is 5.69 Å². The minimum atomic E-state index is 0.354. The van der Waals surface area contributed by atoms with Gasteiger partial charge in [-0.2, -0.15) is 0 Å². The number of hydrogen-bond donors (Lipinski definition) is 0. The van der Waals surface area contributed by atoms with Gasteiger partial charge < -0.3 is 4.90 Å². The number of piperidine rings is 1. The standard InChI is InChI=1S/C14H13ClN2O/c15-10-1-2-12-13(9-10)16-6-3-14(12)17-7-4-11(18)5-8-17/h1-3,6,9H,4-5,7-8H2. The van der Waals surface area contributed by atoms with E-state index in [9.17, 15) is 4.79 Å². The molecular weight excluding hydrogens is 248 g/mol. The van der Waals surface area contributed by atoms with Crippen LogP contribution in [-0.2, 0) is 4.79 Å². The number of anilines is 1. The maximum Gasteiger partial charge on any atom is 0.136 e. The van der Waals surface area contributed by atoms with Gasteiger partial charge in [-0.25, -0.2) is 0 Å². The highest BCUT2D eigenvalue weighted by Gasteiger charge is 2.18. The first kappa shape index (κ1) is 11.5. The molecule has 1 aliphatic rings. The second-order valence-electron chi connectivity index (χ2n) is 4.52. The van der Waals surface area contributed by atoms with Crippen molar-refractivity contribution in [1.82, 2.24) is 4.98 Å². The molecule has 0 atom stereocenters. The van der Waals surface area contributed by atoms with Crippen molar-refractivity contribution in [3.05, 3.63) is 35.5 Å². The van der Waals surface area contributed by atoms with Crippen molar-refractivity contribution in [1.29, 1.82) is 0 Å². The van der Waals surface area contributed by atoms with Gasteiger partial charge in [-0.05, 0) is 24.3 Å². The molecule has 1 aromatic heterocycles. The Morgan fingerprint density at radius 3 is 2.72 bits per heavy atom. The summed E-state index contributed by atoms with van der Waals surface area (Å²) in [5.74, 6) is 0.354. The van der Waals surface area contributed by atoms with Crippen LogP contribution in [0.5, 0.6) is 0 Å². The Balaban J connectivity index is 2.03. The third-order valence-corrected chi connectivity index (χ3v) is 3.58. The van der Waals surface area contributed by atoms with Gasteiger partial charge >= 0.3 is 0 Å². The molecule has 0 unspecified atom stereocenters. The van der Waals surface area contributed by atoms with Crippen molar-refractivity contribution in [2.75, 3.05) is 18.0 Å². The molecule has 3 nitrogen and oxygen atoms in total. The highest BCUT2D eigenvalue weighted by Crippen LogP contribution is 2.28. The summed E-state index contributed by atoms with van der Waals surface area (Å²) in [4.78, 5) is 17.9. The van der Waals surface area contributed by atoms with Crippen LogP contribution in [0, 0.1) is 0 Å². The number of rotatable bonds is 1. The highest BCUT2D eigenvalue weighted by atomic mass is 35.5. The highest BCUT2D eigenvalue weighted by molar-refractivity contribution is 6.31. The summed E-state index contributed by atoms with van der Waals surface area (Å²) < 4.78 is 0. The number of fused-ring (bicyclic) bond motifs is 1. The van der Waals surface area contributed by atoms with E-state index in [0.717, 1.165) is 29.7 Å². The molecule has 0 spiro atoms. The van der Waals surface area contributed by atoms with Crippen LogP contribution in [0.2, 0.25) is 5.02 Å². The maximum atomic E-state index is 11.3. The van der Waals surface area contributed by atoms with E-state index in [1.54, 1.807) is 6.20 Å². The van der Waals surface area contributed by atoms with Gasteiger partial charge in [-0.15, -0.1) is 0 Å². The molecule has 0 bridgehead atoms. The summed E-state index contributed by atoms with van der Waals surface area (Å²) in [7, 11) is 0. The van der Waals surface area contributed by atoms with Crippen LogP contribution in [0.3, 0.4) is 0 Å². The zero-order chi connectivity index (χ0) is 12.5. The van der Waals surface area contributed by atoms with Crippen molar-refractivity contribution in [2.24, 2.45) is 0 Å².